The Balaban J connectivity index is 3.37. The van der Waals surface area contributed by atoms with Gasteiger partial charge < -0.3 is 15.9 Å². The van der Waals surface area contributed by atoms with Gasteiger partial charge in [-0.2, -0.15) is 0 Å². The summed E-state index contributed by atoms with van der Waals surface area (Å²) in [4.78, 5) is 10.8. The first kappa shape index (κ1) is 11.7. The summed E-state index contributed by atoms with van der Waals surface area (Å²) in [7, 11) is 0. The third-order valence-corrected chi connectivity index (χ3v) is 2.56. The van der Waals surface area contributed by atoms with Crippen LogP contribution in [-0.2, 0) is 0 Å². The normalized spacial score (nSPS) is 12.1. The van der Waals surface area contributed by atoms with Crippen LogP contribution in [0.1, 0.15) is 22.0 Å². The number of carboxylic acids is 1. The number of hydrogen-bond donors (Lipinski definition) is 3. The molecule has 0 bridgehead atoms. The first-order valence-corrected chi connectivity index (χ1v) is 4.90. The summed E-state index contributed by atoms with van der Waals surface area (Å²) in [6.45, 7) is 3.48. The highest BCUT2D eigenvalue weighted by atomic mass is 79.9. The molecule has 0 amide bonds. The maximum atomic E-state index is 10.8. The smallest absolute Gasteiger partial charge is 0.335 e. The lowest BCUT2D eigenvalue weighted by Gasteiger charge is -2.11. The molecule has 0 spiro atoms. The van der Waals surface area contributed by atoms with E-state index in [9.17, 15) is 9.90 Å². The lowest BCUT2D eigenvalue weighted by atomic mass is 10.0. The average molecular weight is 272 g/mol. The lowest BCUT2D eigenvalue weighted by molar-refractivity contribution is 0.0696. The topological polar surface area (TPSA) is 83.6 Å². The van der Waals surface area contributed by atoms with Gasteiger partial charge in [0, 0.05) is 5.56 Å². The number of benzene rings is 1. The number of aromatic carboxylic acids is 1. The van der Waals surface area contributed by atoms with Gasteiger partial charge in [-0.15, -0.1) is 6.58 Å². The fourth-order valence-electron chi connectivity index (χ4n) is 1.12. The molecule has 4 N–H and O–H groups in total. The molecule has 4 nitrogen and oxygen atoms in total. The van der Waals surface area contributed by atoms with E-state index in [0.29, 0.717) is 10.0 Å². The maximum Gasteiger partial charge on any atom is 0.335 e. The van der Waals surface area contributed by atoms with E-state index in [0.717, 1.165) is 0 Å². The van der Waals surface area contributed by atoms with Crippen molar-refractivity contribution in [1.82, 2.24) is 0 Å². The molecule has 0 fully saturated rings. The average Bonchev–Trinajstić information content (AvgIpc) is 2.20. The SMILES string of the molecule is C=C[C@H](N)c1cc(C(=O)O)cc(Br)c1O. The minimum Gasteiger partial charge on any atom is -0.506 e. The number of phenolic OH excluding ortho intramolecular Hbond substituents is 1. The fraction of sp³-hybridized carbons (Fsp3) is 0.100. The van der Waals surface area contributed by atoms with Crippen LogP contribution in [0.25, 0.3) is 0 Å². The number of hydrogen-bond acceptors (Lipinski definition) is 3. The van der Waals surface area contributed by atoms with Crippen molar-refractivity contribution in [1.29, 1.82) is 0 Å². The van der Waals surface area contributed by atoms with Crippen LogP contribution in [0.5, 0.6) is 5.75 Å². The van der Waals surface area contributed by atoms with Crippen LogP contribution in [0, 0.1) is 0 Å². The molecule has 5 heteroatoms. The summed E-state index contributed by atoms with van der Waals surface area (Å²) in [5.41, 5.74) is 6.03. The van der Waals surface area contributed by atoms with Crippen molar-refractivity contribution in [3.63, 3.8) is 0 Å². The quantitative estimate of drug-likeness (QED) is 0.735. The molecule has 1 rings (SSSR count). The van der Waals surface area contributed by atoms with Crippen LogP contribution >= 0.6 is 15.9 Å². The van der Waals surface area contributed by atoms with Gasteiger partial charge in [0.2, 0.25) is 0 Å². The van der Waals surface area contributed by atoms with Crippen molar-refractivity contribution in [2.75, 3.05) is 0 Å². The van der Waals surface area contributed by atoms with Crippen molar-refractivity contribution in [3.8, 4) is 5.75 Å². The second-order valence-corrected chi connectivity index (χ2v) is 3.82. The standard InChI is InChI=1S/C10H10BrNO3/c1-2-8(12)6-3-5(10(14)15)4-7(11)9(6)13/h2-4,8,13H,1,12H2,(H,14,15)/t8-/m0/s1. The van der Waals surface area contributed by atoms with Crippen LogP contribution in [0.2, 0.25) is 0 Å². The molecule has 0 heterocycles. The first-order chi connectivity index (χ1) is 6.97. The van der Waals surface area contributed by atoms with E-state index < -0.39 is 12.0 Å². The Labute approximate surface area is 95.2 Å². The molecule has 0 aliphatic rings. The Morgan fingerprint density at radius 2 is 2.20 bits per heavy atom. The Kier molecular flexibility index (Phi) is 3.49. The van der Waals surface area contributed by atoms with Gasteiger partial charge in [0.25, 0.3) is 0 Å². The molecular weight excluding hydrogens is 262 g/mol. The number of aromatic hydroxyl groups is 1. The van der Waals surface area contributed by atoms with Crippen molar-refractivity contribution in [3.05, 3.63) is 40.4 Å². The van der Waals surface area contributed by atoms with E-state index in [1.54, 1.807) is 0 Å². The maximum absolute atomic E-state index is 10.8. The molecule has 0 aliphatic carbocycles. The summed E-state index contributed by atoms with van der Waals surface area (Å²) in [6.07, 6.45) is 1.42. The van der Waals surface area contributed by atoms with Crippen LogP contribution in [0.15, 0.2) is 29.3 Å². The number of halogens is 1. The molecule has 0 saturated carbocycles. The highest BCUT2D eigenvalue weighted by Crippen LogP contribution is 2.32. The van der Waals surface area contributed by atoms with E-state index in [-0.39, 0.29) is 11.3 Å². The zero-order chi connectivity index (χ0) is 11.6. The minimum atomic E-state index is -1.08. The van der Waals surface area contributed by atoms with Gasteiger partial charge in [-0.05, 0) is 28.1 Å². The van der Waals surface area contributed by atoms with Crippen LogP contribution in [0.4, 0.5) is 0 Å². The molecule has 0 aromatic heterocycles. The van der Waals surface area contributed by atoms with E-state index in [1.807, 2.05) is 0 Å². The second kappa shape index (κ2) is 4.46. The highest BCUT2D eigenvalue weighted by Gasteiger charge is 2.15. The van der Waals surface area contributed by atoms with Gasteiger partial charge in [-0.3, -0.25) is 0 Å². The molecule has 0 saturated heterocycles. The Morgan fingerprint density at radius 3 is 2.67 bits per heavy atom. The van der Waals surface area contributed by atoms with E-state index in [2.05, 4.69) is 22.5 Å². The Bertz CT molecular complexity index is 417. The van der Waals surface area contributed by atoms with E-state index in [1.165, 1.54) is 18.2 Å². The molecule has 1 atom stereocenters. The Morgan fingerprint density at radius 1 is 1.60 bits per heavy atom. The molecule has 80 valence electrons. The third kappa shape index (κ3) is 2.37. The largest absolute Gasteiger partial charge is 0.506 e. The monoisotopic (exact) mass is 271 g/mol. The fourth-order valence-corrected chi connectivity index (χ4v) is 1.60. The van der Waals surface area contributed by atoms with Gasteiger partial charge in [0.05, 0.1) is 16.1 Å². The second-order valence-electron chi connectivity index (χ2n) is 2.96. The van der Waals surface area contributed by atoms with Crippen molar-refractivity contribution in [2.45, 2.75) is 6.04 Å². The van der Waals surface area contributed by atoms with Crippen LogP contribution in [0.3, 0.4) is 0 Å². The summed E-state index contributed by atoms with van der Waals surface area (Å²) >= 11 is 3.06. The minimum absolute atomic E-state index is 0.0620. The van der Waals surface area contributed by atoms with Crippen LogP contribution in [-0.4, -0.2) is 16.2 Å². The van der Waals surface area contributed by atoms with Crippen molar-refractivity contribution < 1.29 is 15.0 Å². The molecule has 15 heavy (non-hydrogen) atoms. The van der Waals surface area contributed by atoms with Gasteiger partial charge in [-0.25, -0.2) is 4.79 Å². The zero-order valence-electron chi connectivity index (χ0n) is 7.77. The number of carboxylic acid groups (broad SMARTS) is 1. The van der Waals surface area contributed by atoms with Crippen molar-refractivity contribution >= 4 is 21.9 Å². The lowest BCUT2D eigenvalue weighted by Crippen LogP contribution is -2.09. The number of phenols is 1. The van der Waals surface area contributed by atoms with Crippen molar-refractivity contribution in [2.24, 2.45) is 5.73 Å². The van der Waals surface area contributed by atoms with E-state index >= 15 is 0 Å². The summed E-state index contributed by atoms with van der Waals surface area (Å²) < 4.78 is 0.301. The summed E-state index contributed by atoms with van der Waals surface area (Å²) in [5, 5.41) is 18.4. The predicted octanol–water partition coefficient (Wildman–Crippen LogP) is 2.04. The Hall–Kier alpha value is -1.33. The molecular formula is C10H10BrNO3. The zero-order valence-corrected chi connectivity index (χ0v) is 9.36. The molecule has 0 aliphatic heterocycles. The molecule has 0 radical (unpaired) electrons. The van der Waals surface area contributed by atoms with Gasteiger partial charge in [0.1, 0.15) is 5.75 Å². The summed E-state index contributed by atoms with van der Waals surface area (Å²) in [5.74, 6) is -1.14. The first-order valence-electron chi connectivity index (χ1n) is 4.11. The van der Waals surface area contributed by atoms with Crippen LogP contribution < -0.4 is 5.73 Å². The third-order valence-electron chi connectivity index (χ3n) is 1.95. The predicted molar refractivity (Wildman–Crippen MR) is 59.9 cm³/mol. The summed E-state index contributed by atoms with van der Waals surface area (Å²) in [6, 6.07) is 2.05. The van der Waals surface area contributed by atoms with Gasteiger partial charge >= 0.3 is 5.97 Å². The highest BCUT2D eigenvalue weighted by molar-refractivity contribution is 9.10. The number of nitrogens with two attached hydrogens (primary N) is 1. The number of rotatable bonds is 3. The molecule has 1 aromatic rings. The number of carbonyl (C=O) groups is 1. The molecule has 0 unspecified atom stereocenters. The van der Waals surface area contributed by atoms with E-state index in [4.69, 9.17) is 10.8 Å². The van der Waals surface area contributed by atoms with Gasteiger partial charge in [0.15, 0.2) is 0 Å². The molecule has 1 aromatic carbocycles. The van der Waals surface area contributed by atoms with Gasteiger partial charge in [-0.1, -0.05) is 6.08 Å².